The van der Waals surface area contributed by atoms with E-state index in [1.54, 1.807) is 0 Å². The van der Waals surface area contributed by atoms with E-state index in [2.05, 4.69) is 36.2 Å². The average Bonchev–Trinajstić information content (AvgIpc) is 2.43. The molecule has 0 amide bonds. The molecule has 0 spiro atoms. The van der Waals surface area contributed by atoms with Gasteiger partial charge in [0, 0.05) is 22.7 Å². The van der Waals surface area contributed by atoms with Gasteiger partial charge < -0.3 is 4.98 Å². The maximum Gasteiger partial charge on any atom is 0.0462 e. The summed E-state index contributed by atoms with van der Waals surface area (Å²) in [6.07, 6.45) is 1.09. The first kappa shape index (κ1) is 7.41. The summed E-state index contributed by atoms with van der Waals surface area (Å²) in [5, 5.41) is 1.20. The van der Waals surface area contributed by atoms with Crippen molar-refractivity contribution in [2.45, 2.75) is 20.3 Å². The second kappa shape index (κ2) is 2.67. The molecule has 1 heteroatoms. The highest BCUT2D eigenvalue weighted by atomic mass is 14.7. The molecule has 12 heavy (non-hydrogen) atoms. The smallest absolute Gasteiger partial charge is 0.0462 e. The predicted octanol–water partition coefficient (Wildman–Crippen LogP) is 2.84. The normalized spacial score (nSPS) is 10.8. The maximum absolute atomic E-state index is 3.28. The molecule has 1 N–H and O–H groups in total. The van der Waals surface area contributed by atoms with E-state index in [1.165, 1.54) is 16.5 Å². The quantitative estimate of drug-likeness (QED) is 0.656. The summed E-state index contributed by atoms with van der Waals surface area (Å²) in [4.78, 5) is 3.25. The molecule has 0 aliphatic carbocycles. The van der Waals surface area contributed by atoms with Gasteiger partial charge >= 0.3 is 0 Å². The molecule has 1 radical (unpaired) electrons. The van der Waals surface area contributed by atoms with Gasteiger partial charge in [0.05, 0.1) is 0 Å². The van der Waals surface area contributed by atoms with E-state index < -0.39 is 0 Å². The summed E-state index contributed by atoms with van der Waals surface area (Å²) in [7, 11) is 0. The maximum atomic E-state index is 3.28. The van der Waals surface area contributed by atoms with Crippen molar-refractivity contribution in [1.29, 1.82) is 0 Å². The Morgan fingerprint density at radius 3 is 3.00 bits per heavy atom. The van der Waals surface area contributed by atoms with Crippen LogP contribution in [0.15, 0.2) is 18.2 Å². The van der Waals surface area contributed by atoms with Crippen LogP contribution in [0, 0.1) is 13.0 Å². The SMILES string of the molecule is CCc1ccc2[nH]c(C)[c]c2c1. The lowest BCUT2D eigenvalue weighted by Crippen LogP contribution is -1.77. The summed E-state index contributed by atoms with van der Waals surface area (Å²) in [5.41, 5.74) is 3.67. The molecule has 0 aliphatic heterocycles. The average molecular weight is 158 g/mol. The lowest BCUT2D eigenvalue weighted by Gasteiger charge is -1.94. The van der Waals surface area contributed by atoms with Gasteiger partial charge in [-0.1, -0.05) is 13.0 Å². The highest BCUT2D eigenvalue weighted by Crippen LogP contribution is 2.16. The second-order valence-corrected chi connectivity index (χ2v) is 3.11. The van der Waals surface area contributed by atoms with Gasteiger partial charge in [-0.05, 0) is 31.0 Å². The minimum Gasteiger partial charge on any atom is -0.358 e. The van der Waals surface area contributed by atoms with Crippen LogP contribution in [0.4, 0.5) is 0 Å². The van der Waals surface area contributed by atoms with Crippen molar-refractivity contribution in [2.24, 2.45) is 0 Å². The van der Waals surface area contributed by atoms with Crippen molar-refractivity contribution in [3.63, 3.8) is 0 Å². The zero-order valence-corrected chi connectivity index (χ0v) is 7.44. The first-order valence-electron chi connectivity index (χ1n) is 4.30. The third-order valence-electron chi connectivity index (χ3n) is 2.14. The van der Waals surface area contributed by atoms with E-state index in [9.17, 15) is 0 Å². The molecule has 0 bridgehead atoms. The zero-order valence-electron chi connectivity index (χ0n) is 7.44. The number of benzene rings is 1. The highest BCUT2D eigenvalue weighted by Gasteiger charge is 1.97. The number of rotatable bonds is 1. The van der Waals surface area contributed by atoms with Crippen molar-refractivity contribution >= 4 is 10.9 Å². The largest absolute Gasteiger partial charge is 0.358 e. The molecule has 61 valence electrons. The van der Waals surface area contributed by atoms with Crippen LogP contribution in [0.1, 0.15) is 18.2 Å². The molecule has 0 unspecified atom stereocenters. The fourth-order valence-corrected chi connectivity index (χ4v) is 1.46. The van der Waals surface area contributed by atoms with Gasteiger partial charge in [0.1, 0.15) is 0 Å². The van der Waals surface area contributed by atoms with Crippen LogP contribution < -0.4 is 0 Å². The number of nitrogens with one attached hydrogen (secondary N) is 1. The molecule has 0 fully saturated rings. The lowest BCUT2D eigenvalue weighted by molar-refractivity contribution is 1.15. The van der Waals surface area contributed by atoms with E-state index >= 15 is 0 Å². The van der Waals surface area contributed by atoms with Crippen molar-refractivity contribution < 1.29 is 0 Å². The predicted molar refractivity (Wildman–Crippen MR) is 51.2 cm³/mol. The summed E-state index contributed by atoms with van der Waals surface area (Å²) >= 11 is 0. The van der Waals surface area contributed by atoms with Gasteiger partial charge in [-0.2, -0.15) is 0 Å². The zero-order chi connectivity index (χ0) is 8.55. The van der Waals surface area contributed by atoms with Crippen LogP contribution in [-0.4, -0.2) is 4.98 Å². The number of hydrogen-bond donors (Lipinski definition) is 1. The van der Waals surface area contributed by atoms with Gasteiger partial charge in [-0.15, -0.1) is 0 Å². The van der Waals surface area contributed by atoms with E-state index in [1.807, 2.05) is 6.92 Å². The van der Waals surface area contributed by atoms with Crippen molar-refractivity contribution in [3.8, 4) is 0 Å². The van der Waals surface area contributed by atoms with Gasteiger partial charge in [0.2, 0.25) is 0 Å². The fourth-order valence-electron chi connectivity index (χ4n) is 1.46. The lowest BCUT2D eigenvalue weighted by atomic mass is 10.1. The van der Waals surface area contributed by atoms with Crippen LogP contribution in [-0.2, 0) is 6.42 Å². The standard InChI is InChI=1S/C11H12N/c1-3-9-4-5-11-10(7-9)6-8(2)12-11/h4-5,7,12H,3H2,1-2H3. The molecule has 2 aromatic rings. The van der Waals surface area contributed by atoms with Crippen LogP contribution in [0.3, 0.4) is 0 Å². The molecule has 1 nitrogen and oxygen atoms in total. The Bertz CT molecular complexity index is 398. The number of aromatic amines is 1. The Morgan fingerprint density at radius 1 is 1.42 bits per heavy atom. The summed E-state index contributed by atoms with van der Waals surface area (Å²) in [6, 6.07) is 9.75. The molecule has 0 atom stereocenters. The number of H-pyrrole nitrogens is 1. The van der Waals surface area contributed by atoms with Crippen LogP contribution in [0.2, 0.25) is 0 Å². The Hall–Kier alpha value is -1.24. The minimum absolute atomic E-state index is 1.09. The monoisotopic (exact) mass is 158 g/mol. The molecular formula is C11H12N. The number of hydrogen-bond acceptors (Lipinski definition) is 0. The van der Waals surface area contributed by atoms with Crippen molar-refractivity contribution in [2.75, 3.05) is 0 Å². The van der Waals surface area contributed by atoms with Crippen LogP contribution >= 0.6 is 0 Å². The van der Waals surface area contributed by atoms with Gasteiger partial charge in [-0.3, -0.25) is 0 Å². The van der Waals surface area contributed by atoms with Gasteiger partial charge in [0.15, 0.2) is 0 Å². The number of aryl methyl sites for hydroxylation is 2. The molecule has 0 aliphatic rings. The molecule has 0 saturated heterocycles. The fraction of sp³-hybridized carbons (Fsp3) is 0.273. The van der Waals surface area contributed by atoms with Crippen molar-refractivity contribution in [1.82, 2.24) is 4.98 Å². The van der Waals surface area contributed by atoms with Crippen LogP contribution in [0.25, 0.3) is 10.9 Å². The van der Waals surface area contributed by atoms with Crippen LogP contribution in [0.5, 0.6) is 0 Å². The molecule has 1 aromatic carbocycles. The molecule has 0 saturated carbocycles. The summed E-state index contributed by atoms with van der Waals surface area (Å²) in [6.45, 7) is 4.20. The first-order valence-corrected chi connectivity index (χ1v) is 4.30. The van der Waals surface area contributed by atoms with Gasteiger partial charge in [-0.25, -0.2) is 0 Å². The van der Waals surface area contributed by atoms with Gasteiger partial charge in [0.25, 0.3) is 0 Å². The van der Waals surface area contributed by atoms with E-state index in [4.69, 9.17) is 0 Å². The number of aromatic nitrogens is 1. The third kappa shape index (κ3) is 1.11. The Kier molecular flexibility index (Phi) is 1.65. The summed E-state index contributed by atoms with van der Waals surface area (Å²) in [5.74, 6) is 0. The first-order chi connectivity index (χ1) is 5.79. The molecule has 1 aromatic heterocycles. The number of fused-ring (bicyclic) bond motifs is 1. The minimum atomic E-state index is 1.09. The Morgan fingerprint density at radius 2 is 2.25 bits per heavy atom. The third-order valence-corrected chi connectivity index (χ3v) is 2.14. The molecule has 1 heterocycles. The van der Waals surface area contributed by atoms with E-state index in [-0.39, 0.29) is 0 Å². The highest BCUT2D eigenvalue weighted by molar-refractivity contribution is 5.80. The second-order valence-electron chi connectivity index (χ2n) is 3.11. The van der Waals surface area contributed by atoms with E-state index in [0.29, 0.717) is 0 Å². The Labute approximate surface area is 72.4 Å². The molecular weight excluding hydrogens is 146 g/mol. The van der Waals surface area contributed by atoms with Crippen molar-refractivity contribution in [3.05, 3.63) is 35.5 Å². The Balaban J connectivity index is 2.66. The topological polar surface area (TPSA) is 15.8 Å². The summed E-state index contributed by atoms with van der Waals surface area (Å²) < 4.78 is 0. The molecule has 2 rings (SSSR count). The van der Waals surface area contributed by atoms with E-state index in [0.717, 1.165) is 12.1 Å².